The van der Waals surface area contributed by atoms with E-state index in [-0.39, 0.29) is 0 Å². The third-order valence-electron chi connectivity index (χ3n) is 1.62. The molecule has 0 saturated heterocycles. The fourth-order valence-electron chi connectivity index (χ4n) is 0.960. The number of halogens is 1. The first-order chi connectivity index (χ1) is 7.58. The molecule has 1 rings (SSSR count). The number of nitrogens with zero attached hydrogens (tertiary/aromatic N) is 2. The number of amides is 1. The molecule has 1 heterocycles. The van der Waals surface area contributed by atoms with Crippen molar-refractivity contribution in [2.75, 3.05) is 6.54 Å². The summed E-state index contributed by atoms with van der Waals surface area (Å²) < 4.78 is 2.52. The molecule has 0 saturated carbocycles. The van der Waals surface area contributed by atoms with E-state index in [2.05, 4.69) is 26.3 Å². The second kappa shape index (κ2) is 6.06. The number of aliphatic carboxylic acids is 1. The highest BCUT2D eigenvalue weighted by atomic mass is 79.9. The highest BCUT2D eigenvalue weighted by Gasteiger charge is 1.98. The quantitative estimate of drug-likeness (QED) is 0.768. The average molecular weight is 288 g/mol. The number of hydrogen-bond acceptors (Lipinski definition) is 3. The summed E-state index contributed by atoms with van der Waals surface area (Å²) in [5.41, 5.74) is 0. The Morgan fingerprint density at radius 3 is 2.88 bits per heavy atom. The van der Waals surface area contributed by atoms with Gasteiger partial charge in [-0.1, -0.05) is 0 Å². The van der Waals surface area contributed by atoms with E-state index in [1.165, 1.54) is 0 Å². The van der Waals surface area contributed by atoms with Crippen molar-refractivity contribution >= 4 is 27.8 Å². The van der Waals surface area contributed by atoms with Gasteiger partial charge in [0.1, 0.15) is 0 Å². The first kappa shape index (κ1) is 12.4. The average Bonchev–Trinajstić information content (AvgIpc) is 2.61. The normalized spacial score (nSPS) is 10.6. The second-order valence-corrected chi connectivity index (χ2v) is 3.80. The lowest BCUT2D eigenvalue weighted by molar-refractivity contribution is -0.131. The molecule has 0 fully saturated rings. The zero-order chi connectivity index (χ0) is 12.0. The highest BCUT2D eigenvalue weighted by molar-refractivity contribution is 9.10. The monoisotopic (exact) mass is 287 g/mol. The summed E-state index contributed by atoms with van der Waals surface area (Å²) in [6.45, 7) is 0.912. The standard InChI is InChI=1S/C9H10BrN3O3/c10-7-5-12-13(6-7)4-3-11-8(14)1-2-9(15)16/h1-2,5-6H,3-4H2,(H,11,14)(H,15,16)/b2-1-. The molecule has 6 nitrogen and oxygen atoms in total. The summed E-state index contributed by atoms with van der Waals surface area (Å²) in [6.07, 6.45) is 5.19. The number of aromatic nitrogens is 2. The van der Waals surface area contributed by atoms with Crippen molar-refractivity contribution < 1.29 is 14.7 Å². The third-order valence-corrected chi connectivity index (χ3v) is 2.03. The van der Waals surface area contributed by atoms with Crippen molar-refractivity contribution in [3.05, 3.63) is 29.0 Å². The third kappa shape index (κ3) is 4.74. The maximum absolute atomic E-state index is 11.0. The van der Waals surface area contributed by atoms with Crippen LogP contribution in [0.3, 0.4) is 0 Å². The molecule has 0 bridgehead atoms. The maximum atomic E-state index is 11.0. The lowest BCUT2D eigenvalue weighted by Gasteiger charge is -2.01. The predicted molar refractivity (Wildman–Crippen MR) is 59.7 cm³/mol. The molecule has 1 aromatic heterocycles. The molecule has 0 spiro atoms. The van der Waals surface area contributed by atoms with E-state index in [9.17, 15) is 9.59 Å². The van der Waals surface area contributed by atoms with Gasteiger partial charge in [-0.15, -0.1) is 0 Å². The van der Waals surface area contributed by atoms with Gasteiger partial charge in [0.05, 0.1) is 17.2 Å². The SMILES string of the molecule is O=C(O)/C=C\C(=O)NCCn1cc(Br)cn1. The van der Waals surface area contributed by atoms with E-state index in [4.69, 9.17) is 5.11 Å². The molecule has 86 valence electrons. The Morgan fingerprint density at radius 2 is 2.31 bits per heavy atom. The maximum Gasteiger partial charge on any atom is 0.328 e. The molecule has 16 heavy (non-hydrogen) atoms. The first-order valence-electron chi connectivity index (χ1n) is 4.45. The van der Waals surface area contributed by atoms with Gasteiger partial charge in [-0.3, -0.25) is 9.48 Å². The Balaban J connectivity index is 2.25. The van der Waals surface area contributed by atoms with Crippen molar-refractivity contribution in [2.24, 2.45) is 0 Å². The number of nitrogens with one attached hydrogen (secondary N) is 1. The fraction of sp³-hybridized carbons (Fsp3) is 0.222. The molecule has 0 atom stereocenters. The first-order valence-corrected chi connectivity index (χ1v) is 5.24. The second-order valence-electron chi connectivity index (χ2n) is 2.88. The van der Waals surface area contributed by atoms with E-state index in [0.29, 0.717) is 13.1 Å². The zero-order valence-corrected chi connectivity index (χ0v) is 9.85. The van der Waals surface area contributed by atoms with Gasteiger partial charge in [-0.05, 0) is 15.9 Å². The van der Waals surface area contributed by atoms with Gasteiger partial charge >= 0.3 is 5.97 Å². The van der Waals surface area contributed by atoms with E-state index in [0.717, 1.165) is 16.6 Å². The largest absolute Gasteiger partial charge is 0.478 e. The van der Waals surface area contributed by atoms with Crippen LogP contribution >= 0.6 is 15.9 Å². The van der Waals surface area contributed by atoms with Crippen molar-refractivity contribution in [1.82, 2.24) is 15.1 Å². The van der Waals surface area contributed by atoms with Crippen LogP contribution in [-0.2, 0) is 16.1 Å². The van der Waals surface area contributed by atoms with Crippen molar-refractivity contribution in [3.8, 4) is 0 Å². The molecule has 0 aromatic carbocycles. The predicted octanol–water partition coefficient (Wildman–Crippen LogP) is 0.403. The molecule has 0 aliphatic carbocycles. The van der Waals surface area contributed by atoms with Crippen LogP contribution in [0.1, 0.15) is 0 Å². The Bertz CT molecular complexity index is 414. The number of carbonyl (C=O) groups is 2. The van der Waals surface area contributed by atoms with Crippen molar-refractivity contribution in [3.63, 3.8) is 0 Å². The molecule has 0 aliphatic rings. The van der Waals surface area contributed by atoms with Crippen LogP contribution in [0.25, 0.3) is 0 Å². The molecule has 1 amide bonds. The Labute approximate surface area is 100 Å². The van der Waals surface area contributed by atoms with Crippen LogP contribution in [0, 0.1) is 0 Å². The van der Waals surface area contributed by atoms with E-state index in [1.807, 2.05) is 0 Å². The Hall–Kier alpha value is -1.63. The number of hydrogen-bond donors (Lipinski definition) is 2. The lowest BCUT2D eigenvalue weighted by Crippen LogP contribution is -2.25. The van der Waals surface area contributed by atoms with Crippen LogP contribution < -0.4 is 5.32 Å². The molecule has 0 unspecified atom stereocenters. The minimum atomic E-state index is -1.15. The minimum Gasteiger partial charge on any atom is -0.478 e. The Kier molecular flexibility index (Phi) is 4.71. The summed E-state index contributed by atoms with van der Waals surface area (Å²) in [7, 11) is 0. The molecular formula is C9H10BrN3O3. The topological polar surface area (TPSA) is 84.2 Å². The molecule has 1 aromatic rings. The molecule has 7 heteroatoms. The van der Waals surface area contributed by atoms with Gasteiger partial charge in [-0.2, -0.15) is 5.10 Å². The summed E-state index contributed by atoms with van der Waals surface area (Å²) in [5, 5.41) is 14.8. The number of carboxylic acid groups (broad SMARTS) is 1. The summed E-state index contributed by atoms with van der Waals surface area (Å²) in [4.78, 5) is 21.2. The van der Waals surface area contributed by atoms with Crippen molar-refractivity contribution in [1.29, 1.82) is 0 Å². The lowest BCUT2D eigenvalue weighted by atomic mass is 10.4. The van der Waals surface area contributed by atoms with Gasteiger partial charge < -0.3 is 10.4 Å². The van der Waals surface area contributed by atoms with Crippen LogP contribution in [-0.4, -0.2) is 33.3 Å². The molecule has 0 aliphatic heterocycles. The van der Waals surface area contributed by atoms with Gasteiger partial charge in [0.25, 0.3) is 0 Å². The van der Waals surface area contributed by atoms with Crippen LogP contribution in [0.5, 0.6) is 0 Å². The number of carboxylic acids is 1. The van der Waals surface area contributed by atoms with Gasteiger partial charge in [0.15, 0.2) is 0 Å². The van der Waals surface area contributed by atoms with Crippen LogP contribution in [0.2, 0.25) is 0 Å². The van der Waals surface area contributed by atoms with Crippen LogP contribution in [0.4, 0.5) is 0 Å². The van der Waals surface area contributed by atoms with Gasteiger partial charge in [-0.25, -0.2) is 4.79 Å². The summed E-state index contributed by atoms with van der Waals surface area (Å²) >= 11 is 3.25. The van der Waals surface area contributed by atoms with E-state index in [1.54, 1.807) is 17.1 Å². The van der Waals surface area contributed by atoms with Gasteiger partial charge in [0.2, 0.25) is 5.91 Å². The fourth-order valence-corrected chi connectivity index (χ4v) is 1.29. The molecule has 0 radical (unpaired) electrons. The van der Waals surface area contributed by atoms with E-state index < -0.39 is 11.9 Å². The van der Waals surface area contributed by atoms with Crippen LogP contribution in [0.15, 0.2) is 29.0 Å². The summed E-state index contributed by atoms with van der Waals surface area (Å²) in [6, 6.07) is 0. The minimum absolute atomic E-state index is 0.386. The van der Waals surface area contributed by atoms with E-state index >= 15 is 0 Å². The zero-order valence-electron chi connectivity index (χ0n) is 8.26. The van der Waals surface area contributed by atoms with Gasteiger partial charge in [0, 0.05) is 24.9 Å². The Morgan fingerprint density at radius 1 is 1.56 bits per heavy atom. The number of rotatable bonds is 5. The smallest absolute Gasteiger partial charge is 0.328 e. The molecular weight excluding hydrogens is 278 g/mol. The molecule has 2 N–H and O–H groups in total. The number of carbonyl (C=O) groups excluding carboxylic acids is 1. The summed E-state index contributed by atoms with van der Waals surface area (Å²) in [5.74, 6) is -1.58. The highest BCUT2D eigenvalue weighted by Crippen LogP contribution is 2.05. The van der Waals surface area contributed by atoms with Crippen molar-refractivity contribution in [2.45, 2.75) is 6.54 Å².